The Morgan fingerprint density at radius 1 is 1.46 bits per heavy atom. The summed E-state index contributed by atoms with van der Waals surface area (Å²) in [7, 11) is 1.64. The van der Waals surface area contributed by atoms with Gasteiger partial charge in [0.2, 0.25) is 0 Å². The van der Waals surface area contributed by atoms with Crippen molar-refractivity contribution in [3.63, 3.8) is 0 Å². The molecule has 1 aromatic heterocycles. The van der Waals surface area contributed by atoms with Crippen LogP contribution >= 0.6 is 0 Å². The summed E-state index contributed by atoms with van der Waals surface area (Å²) in [4.78, 5) is 14.8. The van der Waals surface area contributed by atoms with Gasteiger partial charge in [-0.2, -0.15) is 0 Å². The van der Waals surface area contributed by atoms with Gasteiger partial charge in [-0.15, -0.1) is 5.10 Å². The van der Waals surface area contributed by atoms with Gasteiger partial charge in [-0.05, 0) is 32.0 Å². The fraction of sp³-hybridized carbons (Fsp3) is 0.471. The molecule has 24 heavy (non-hydrogen) atoms. The van der Waals surface area contributed by atoms with Crippen LogP contribution in [0.5, 0.6) is 0 Å². The second kappa shape index (κ2) is 6.70. The van der Waals surface area contributed by atoms with Crippen molar-refractivity contribution in [1.29, 1.82) is 0 Å². The number of ether oxygens (including phenoxy) is 2. The molecule has 2 aromatic rings. The molecule has 1 atom stereocenters. The molecule has 1 amide bonds. The van der Waals surface area contributed by atoms with Crippen LogP contribution in [-0.4, -0.2) is 64.3 Å². The molecule has 1 fully saturated rings. The zero-order valence-electron chi connectivity index (χ0n) is 14.2. The van der Waals surface area contributed by atoms with E-state index in [1.807, 2.05) is 43.0 Å². The minimum atomic E-state index is -0.402. The predicted molar refractivity (Wildman–Crippen MR) is 88.1 cm³/mol. The molecule has 0 radical (unpaired) electrons. The highest BCUT2D eigenvalue weighted by Crippen LogP contribution is 2.23. The van der Waals surface area contributed by atoms with Crippen molar-refractivity contribution in [2.24, 2.45) is 0 Å². The van der Waals surface area contributed by atoms with Crippen molar-refractivity contribution in [2.75, 3.05) is 26.8 Å². The lowest BCUT2D eigenvalue weighted by atomic mass is 10.0. The Morgan fingerprint density at radius 3 is 3.00 bits per heavy atom. The Bertz CT molecular complexity index is 700. The van der Waals surface area contributed by atoms with Gasteiger partial charge in [-0.3, -0.25) is 4.79 Å². The van der Waals surface area contributed by atoms with Gasteiger partial charge < -0.3 is 14.4 Å². The molecule has 0 saturated carbocycles. The van der Waals surface area contributed by atoms with E-state index in [2.05, 4.69) is 10.3 Å². The van der Waals surface area contributed by atoms with Gasteiger partial charge in [0.25, 0.3) is 5.91 Å². The minimum Gasteiger partial charge on any atom is -0.382 e. The smallest absolute Gasteiger partial charge is 0.254 e. The number of aromatic nitrogens is 3. The molecule has 1 saturated heterocycles. The molecule has 1 aliphatic heterocycles. The highest BCUT2D eigenvalue weighted by atomic mass is 16.5. The number of carbonyl (C=O) groups is 1. The zero-order chi connectivity index (χ0) is 17.2. The third-order valence-corrected chi connectivity index (χ3v) is 3.90. The maximum atomic E-state index is 12.9. The molecular weight excluding hydrogens is 308 g/mol. The largest absolute Gasteiger partial charge is 0.382 e. The number of carbonyl (C=O) groups excluding carboxylic acids is 1. The first-order valence-corrected chi connectivity index (χ1v) is 7.91. The number of amides is 1. The van der Waals surface area contributed by atoms with Gasteiger partial charge in [0.05, 0.1) is 36.4 Å². The van der Waals surface area contributed by atoms with Crippen LogP contribution in [-0.2, 0) is 9.47 Å². The molecule has 3 rings (SSSR count). The topological polar surface area (TPSA) is 69.5 Å². The van der Waals surface area contributed by atoms with Crippen LogP contribution < -0.4 is 0 Å². The number of nitrogens with zero attached hydrogens (tertiary/aromatic N) is 4. The van der Waals surface area contributed by atoms with E-state index >= 15 is 0 Å². The lowest BCUT2D eigenvalue weighted by Gasteiger charge is -2.42. The first kappa shape index (κ1) is 16.6. The quantitative estimate of drug-likeness (QED) is 0.850. The van der Waals surface area contributed by atoms with Gasteiger partial charge in [0.1, 0.15) is 0 Å². The lowest BCUT2D eigenvalue weighted by molar-refractivity contribution is -0.143. The van der Waals surface area contributed by atoms with Gasteiger partial charge in [0.15, 0.2) is 0 Å². The third-order valence-electron chi connectivity index (χ3n) is 3.90. The summed E-state index contributed by atoms with van der Waals surface area (Å²) in [6.07, 6.45) is 3.23. The number of hydrogen-bond acceptors (Lipinski definition) is 5. The van der Waals surface area contributed by atoms with Crippen molar-refractivity contribution >= 4 is 5.91 Å². The van der Waals surface area contributed by atoms with Crippen molar-refractivity contribution in [2.45, 2.75) is 25.6 Å². The summed E-state index contributed by atoms with van der Waals surface area (Å²) in [5.41, 5.74) is 1.02. The normalized spacial score (nSPS) is 20.1. The second-order valence-corrected chi connectivity index (χ2v) is 6.54. The highest BCUT2D eigenvalue weighted by Gasteiger charge is 2.35. The second-order valence-electron chi connectivity index (χ2n) is 6.54. The van der Waals surface area contributed by atoms with E-state index in [9.17, 15) is 4.79 Å². The average molecular weight is 330 g/mol. The lowest BCUT2D eigenvalue weighted by Crippen LogP contribution is -2.55. The zero-order valence-corrected chi connectivity index (χ0v) is 14.2. The molecule has 2 heterocycles. The summed E-state index contributed by atoms with van der Waals surface area (Å²) in [6, 6.07) is 7.38. The number of benzene rings is 1. The van der Waals surface area contributed by atoms with Crippen molar-refractivity contribution in [3.05, 3.63) is 42.2 Å². The maximum absolute atomic E-state index is 12.9. The van der Waals surface area contributed by atoms with Gasteiger partial charge in [-0.25, -0.2) is 4.68 Å². The van der Waals surface area contributed by atoms with Gasteiger partial charge >= 0.3 is 0 Å². The monoisotopic (exact) mass is 330 g/mol. The van der Waals surface area contributed by atoms with E-state index in [4.69, 9.17) is 9.47 Å². The Balaban J connectivity index is 1.81. The standard InChI is InChI=1S/C17H22N4O3/c1-17(2)12-20(10-15(24-17)11-23-3)16(22)13-5-4-6-14(9-13)21-8-7-18-19-21/h4-9,15H,10-12H2,1-3H3. The first-order chi connectivity index (χ1) is 11.5. The first-order valence-electron chi connectivity index (χ1n) is 7.91. The fourth-order valence-corrected chi connectivity index (χ4v) is 3.03. The van der Waals surface area contributed by atoms with Crippen LogP contribution in [0.15, 0.2) is 36.7 Å². The molecule has 1 unspecified atom stereocenters. The van der Waals surface area contributed by atoms with Crippen molar-refractivity contribution in [1.82, 2.24) is 19.9 Å². The van der Waals surface area contributed by atoms with E-state index in [1.54, 1.807) is 24.2 Å². The van der Waals surface area contributed by atoms with E-state index in [-0.39, 0.29) is 12.0 Å². The summed E-state index contributed by atoms with van der Waals surface area (Å²) in [6.45, 7) is 5.50. The van der Waals surface area contributed by atoms with Crippen LogP contribution in [0.1, 0.15) is 24.2 Å². The number of methoxy groups -OCH3 is 1. The molecule has 1 aromatic carbocycles. The molecule has 7 heteroatoms. The summed E-state index contributed by atoms with van der Waals surface area (Å²) < 4.78 is 12.8. The maximum Gasteiger partial charge on any atom is 0.254 e. The highest BCUT2D eigenvalue weighted by molar-refractivity contribution is 5.94. The Labute approximate surface area is 141 Å². The number of morpholine rings is 1. The molecular formula is C17H22N4O3. The van der Waals surface area contributed by atoms with E-state index < -0.39 is 5.60 Å². The summed E-state index contributed by atoms with van der Waals surface area (Å²) in [5.74, 6) is -0.0190. The van der Waals surface area contributed by atoms with E-state index in [0.717, 1.165) is 5.69 Å². The van der Waals surface area contributed by atoms with Gasteiger partial charge in [0, 0.05) is 25.8 Å². The molecule has 0 bridgehead atoms. The average Bonchev–Trinajstić information content (AvgIpc) is 3.07. The SMILES string of the molecule is COCC1CN(C(=O)c2cccc(-n3ccnn3)c2)CC(C)(C)O1. The fourth-order valence-electron chi connectivity index (χ4n) is 3.03. The van der Waals surface area contributed by atoms with Crippen LogP contribution in [0.25, 0.3) is 5.69 Å². The summed E-state index contributed by atoms with van der Waals surface area (Å²) in [5, 5.41) is 7.76. The Hall–Kier alpha value is -2.25. The Kier molecular flexibility index (Phi) is 4.64. The van der Waals surface area contributed by atoms with Crippen LogP contribution in [0.3, 0.4) is 0 Å². The van der Waals surface area contributed by atoms with E-state index in [1.165, 1.54) is 0 Å². The molecule has 0 spiro atoms. The number of rotatable bonds is 4. The molecule has 7 nitrogen and oxygen atoms in total. The van der Waals surface area contributed by atoms with Crippen LogP contribution in [0, 0.1) is 0 Å². The predicted octanol–water partition coefficient (Wildman–Crippen LogP) is 1.53. The van der Waals surface area contributed by atoms with Crippen molar-refractivity contribution in [3.8, 4) is 5.69 Å². The molecule has 0 N–H and O–H groups in total. The Morgan fingerprint density at radius 2 is 2.29 bits per heavy atom. The van der Waals surface area contributed by atoms with Crippen LogP contribution in [0.2, 0.25) is 0 Å². The van der Waals surface area contributed by atoms with Crippen molar-refractivity contribution < 1.29 is 14.3 Å². The molecule has 128 valence electrons. The minimum absolute atomic E-state index is 0.0190. The van der Waals surface area contributed by atoms with Gasteiger partial charge in [-0.1, -0.05) is 11.3 Å². The van der Waals surface area contributed by atoms with E-state index in [0.29, 0.717) is 25.3 Å². The number of hydrogen-bond donors (Lipinski definition) is 0. The third kappa shape index (κ3) is 3.63. The summed E-state index contributed by atoms with van der Waals surface area (Å²) >= 11 is 0. The molecule has 0 aliphatic carbocycles. The van der Waals surface area contributed by atoms with Crippen LogP contribution in [0.4, 0.5) is 0 Å². The molecule has 1 aliphatic rings.